The summed E-state index contributed by atoms with van der Waals surface area (Å²) in [5, 5.41) is 5.98. The van der Waals surface area contributed by atoms with Gasteiger partial charge in [-0.05, 0) is 7.05 Å². The molecule has 1 atom stereocenters. The summed E-state index contributed by atoms with van der Waals surface area (Å²) in [6.45, 7) is 14.2. The van der Waals surface area contributed by atoms with Crippen molar-refractivity contribution in [3.05, 3.63) is 0 Å². The summed E-state index contributed by atoms with van der Waals surface area (Å²) < 4.78 is 11.2. The van der Waals surface area contributed by atoms with E-state index in [-0.39, 0.29) is 17.9 Å². The number of nitrogens with one attached hydrogen (secondary N) is 2. The minimum atomic E-state index is 0.0234. The van der Waals surface area contributed by atoms with Gasteiger partial charge >= 0.3 is 0 Å². The van der Waals surface area contributed by atoms with E-state index in [4.69, 9.17) is 9.47 Å². The van der Waals surface area contributed by atoms with Gasteiger partial charge < -0.3 is 20.1 Å². The molecule has 132 valence electrons. The van der Waals surface area contributed by atoms with Crippen molar-refractivity contribution in [3.63, 3.8) is 0 Å². The highest BCUT2D eigenvalue weighted by Crippen LogP contribution is 2.04. The zero-order chi connectivity index (χ0) is 16.8. The maximum atomic E-state index is 11.5. The van der Waals surface area contributed by atoms with Crippen LogP contribution in [-0.4, -0.2) is 76.5 Å². The van der Waals surface area contributed by atoms with Gasteiger partial charge in [0, 0.05) is 38.6 Å². The van der Waals surface area contributed by atoms with Crippen LogP contribution in [0.4, 0.5) is 0 Å². The molecule has 0 bridgehead atoms. The Balaban J connectivity index is 0.00000211. The zero-order valence-corrected chi connectivity index (χ0v) is 15.0. The van der Waals surface area contributed by atoms with E-state index in [1.165, 1.54) is 0 Å². The number of morpholine rings is 1. The summed E-state index contributed by atoms with van der Waals surface area (Å²) in [6, 6.07) is 0. The Morgan fingerprint density at radius 2 is 2.09 bits per heavy atom. The molecular formula is C16H35N3O3. The largest absolute Gasteiger partial charge is 0.379 e. The van der Waals surface area contributed by atoms with Crippen molar-refractivity contribution in [2.45, 2.75) is 33.8 Å². The first kappa shape index (κ1) is 21.3. The van der Waals surface area contributed by atoms with E-state index >= 15 is 0 Å². The first-order valence-electron chi connectivity index (χ1n) is 8.47. The van der Waals surface area contributed by atoms with E-state index in [2.05, 4.69) is 15.5 Å². The van der Waals surface area contributed by atoms with Gasteiger partial charge in [0.2, 0.25) is 5.91 Å². The van der Waals surface area contributed by atoms with Gasteiger partial charge in [-0.2, -0.15) is 0 Å². The average molecular weight is 317 g/mol. The molecule has 1 heterocycles. The molecule has 22 heavy (non-hydrogen) atoms. The van der Waals surface area contributed by atoms with Gasteiger partial charge in [0.1, 0.15) is 0 Å². The van der Waals surface area contributed by atoms with Crippen LogP contribution in [0.25, 0.3) is 0 Å². The van der Waals surface area contributed by atoms with Crippen LogP contribution < -0.4 is 10.6 Å². The van der Waals surface area contributed by atoms with E-state index in [0.717, 1.165) is 46.0 Å². The molecule has 0 saturated carbocycles. The number of amides is 1. The van der Waals surface area contributed by atoms with Gasteiger partial charge in [0.25, 0.3) is 0 Å². The predicted octanol–water partition coefficient (Wildman–Crippen LogP) is 0.722. The van der Waals surface area contributed by atoms with Crippen LogP contribution in [-0.2, 0) is 14.3 Å². The molecule has 0 aromatic carbocycles. The van der Waals surface area contributed by atoms with E-state index in [1.807, 2.05) is 34.7 Å². The highest BCUT2D eigenvalue weighted by molar-refractivity contribution is 5.77. The fourth-order valence-electron chi connectivity index (χ4n) is 2.00. The lowest BCUT2D eigenvalue weighted by atomic mass is 10.2. The first-order valence-corrected chi connectivity index (χ1v) is 8.47. The van der Waals surface area contributed by atoms with Gasteiger partial charge in [0.15, 0.2) is 0 Å². The molecule has 1 fully saturated rings. The Labute approximate surface area is 135 Å². The predicted molar refractivity (Wildman–Crippen MR) is 90.1 cm³/mol. The Kier molecular flexibility index (Phi) is 13.5. The van der Waals surface area contributed by atoms with E-state index < -0.39 is 0 Å². The van der Waals surface area contributed by atoms with E-state index in [1.54, 1.807) is 0 Å². The normalized spacial score (nSPS) is 18.7. The maximum absolute atomic E-state index is 11.5. The second-order valence-electron chi connectivity index (χ2n) is 5.41. The molecule has 0 aromatic rings. The van der Waals surface area contributed by atoms with Crippen molar-refractivity contribution in [1.29, 1.82) is 0 Å². The monoisotopic (exact) mass is 317 g/mol. The molecule has 0 aliphatic carbocycles. The lowest BCUT2D eigenvalue weighted by Gasteiger charge is -2.33. The quantitative estimate of drug-likeness (QED) is 0.614. The van der Waals surface area contributed by atoms with Crippen molar-refractivity contribution in [2.24, 2.45) is 5.92 Å². The molecule has 0 radical (unpaired) electrons. The Morgan fingerprint density at radius 3 is 2.73 bits per heavy atom. The molecule has 2 N–H and O–H groups in total. The van der Waals surface area contributed by atoms with Crippen molar-refractivity contribution >= 4 is 5.91 Å². The smallest absolute Gasteiger partial charge is 0.222 e. The molecule has 1 aliphatic rings. The highest BCUT2D eigenvalue weighted by Gasteiger charge is 2.21. The van der Waals surface area contributed by atoms with Crippen LogP contribution in [0.1, 0.15) is 27.7 Å². The van der Waals surface area contributed by atoms with Crippen molar-refractivity contribution in [2.75, 3.05) is 59.6 Å². The number of hydrogen-bond donors (Lipinski definition) is 2. The van der Waals surface area contributed by atoms with Crippen LogP contribution in [0.15, 0.2) is 0 Å². The van der Waals surface area contributed by atoms with Crippen LogP contribution in [0.3, 0.4) is 0 Å². The van der Waals surface area contributed by atoms with Gasteiger partial charge in [-0.15, -0.1) is 0 Å². The summed E-state index contributed by atoms with van der Waals surface area (Å²) in [7, 11) is 1.92. The summed E-state index contributed by atoms with van der Waals surface area (Å²) in [6.07, 6.45) is 0.0868. The lowest BCUT2D eigenvalue weighted by molar-refractivity contribution is -0.125. The third-order valence-electron chi connectivity index (χ3n) is 3.30. The first-order chi connectivity index (χ1) is 10.6. The Hall–Kier alpha value is -0.690. The minimum absolute atomic E-state index is 0.0234. The molecule has 6 heteroatoms. The number of hydrogen-bond acceptors (Lipinski definition) is 5. The topological polar surface area (TPSA) is 62.8 Å². The number of likely N-dealkylation sites (N-methyl/N-ethyl adjacent to an activating group) is 1. The summed E-state index contributed by atoms with van der Waals surface area (Å²) in [5.74, 6) is 0.108. The minimum Gasteiger partial charge on any atom is -0.379 e. The van der Waals surface area contributed by atoms with Crippen LogP contribution >= 0.6 is 0 Å². The molecule has 1 amide bonds. The van der Waals surface area contributed by atoms with Gasteiger partial charge in [-0.1, -0.05) is 27.7 Å². The number of nitrogens with zero attached hydrogens (tertiary/aromatic N) is 1. The molecule has 1 aliphatic heterocycles. The molecule has 1 unspecified atom stereocenters. The Bertz CT molecular complexity index is 275. The molecule has 1 rings (SSSR count). The van der Waals surface area contributed by atoms with Crippen molar-refractivity contribution < 1.29 is 14.3 Å². The number of carbonyl (C=O) groups excluding carboxylic acids is 1. The third kappa shape index (κ3) is 10.1. The molecule has 6 nitrogen and oxygen atoms in total. The van der Waals surface area contributed by atoms with E-state index in [0.29, 0.717) is 6.54 Å². The van der Waals surface area contributed by atoms with Crippen LogP contribution in [0.2, 0.25) is 0 Å². The second kappa shape index (κ2) is 13.9. The van der Waals surface area contributed by atoms with E-state index in [9.17, 15) is 4.79 Å². The standard InChI is InChI=1S/C14H29N3O3.C2H6/c1-12(2)14(18)16-10-13-11-17(6-9-20-13)5-8-19-7-4-15-3;1-2/h12-13,15H,4-11H2,1-3H3,(H,16,18);1-2H3. The van der Waals surface area contributed by atoms with Crippen LogP contribution in [0.5, 0.6) is 0 Å². The lowest BCUT2D eigenvalue weighted by Crippen LogP contribution is -2.48. The zero-order valence-electron chi connectivity index (χ0n) is 15.0. The number of ether oxygens (including phenoxy) is 2. The highest BCUT2D eigenvalue weighted by atomic mass is 16.5. The molecule has 1 saturated heterocycles. The molecular weight excluding hydrogens is 282 g/mol. The number of carbonyl (C=O) groups is 1. The third-order valence-corrected chi connectivity index (χ3v) is 3.30. The van der Waals surface area contributed by atoms with Gasteiger partial charge in [0.05, 0.1) is 25.9 Å². The SMILES string of the molecule is CC.CNCCOCCN1CCOC(CNC(=O)C(C)C)C1. The van der Waals surface area contributed by atoms with Crippen molar-refractivity contribution in [1.82, 2.24) is 15.5 Å². The second-order valence-corrected chi connectivity index (χ2v) is 5.41. The number of rotatable bonds is 9. The molecule has 0 aromatic heterocycles. The van der Waals surface area contributed by atoms with Gasteiger partial charge in [-0.3, -0.25) is 9.69 Å². The fourth-order valence-corrected chi connectivity index (χ4v) is 2.00. The van der Waals surface area contributed by atoms with Crippen LogP contribution in [0, 0.1) is 5.92 Å². The molecule has 0 spiro atoms. The van der Waals surface area contributed by atoms with Crippen molar-refractivity contribution in [3.8, 4) is 0 Å². The summed E-state index contributed by atoms with van der Waals surface area (Å²) >= 11 is 0. The Morgan fingerprint density at radius 1 is 1.36 bits per heavy atom. The maximum Gasteiger partial charge on any atom is 0.222 e. The summed E-state index contributed by atoms with van der Waals surface area (Å²) in [5.41, 5.74) is 0. The average Bonchev–Trinajstić information content (AvgIpc) is 2.54. The van der Waals surface area contributed by atoms with Gasteiger partial charge in [-0.25, -0.2) is 0 Å². The fraction of sp³-hybridized carbons (Fsp3) is 0.938. The summed E-state index contributed by atoms with van der Waals surface area (Å²) in [4.78, 5) is 13.9.